The van der Waals surface area contributed by atoms with E-state index in [9.17, 15) is 14.0 Å². The van der Waals surface area contributed by atoms with E-state index < -0.39 is 17.4 Å². The van der Waals surface area contributed by atoms with E-state index in [1.165, 1.54) is 12.1 Å². The Morgan fingerprint density at radius 3 is 2.18 bits per heavy atom. The van der Waals surface area contributed by atoms with Crippen molar-refractivity contribution in [2.75, 3.05) is 5.32 Å². The van der Waals surface area contributed by atoms with Crippen LogP contribution in [0.3, 0.4) is 0 Å². The molecule has 1 aliphatic rings. The highest BCUT2D eigenvalue weighted by Crippen LogP contribution is 2.30. The molecule has 0 spiro atoms. The summed E-state index contributed by atoms with van der Waals surface area (Å²) in [6.45, 7) is 0. The molecule has 0 aromatic heterocycles. The maximum atomic E-state index is 13.2. The van der Waals surface area contributed by atoms with Crippen LogP contribution in [-0.4, -0.2) is 11.6 Å². The molecule has 0 radical (unpaired) electrons. The standard InChI is InChI=1S/C16H8Cl2FNO2/c17-11-7-8(5-6-12(11)19)20-14-13(18)15(21)9-3-1-2-4-10(9)16(14)22/h1-7,20H. The van der Waals surface area contributed by atoms with Crippen molar-refractivity contribution in [2.24, 2.45) is 0 Å². The van der Waals surface area contributed by atoms with E-state index in [4.69, 9.17) is 23.2 Å². The summed E-state index contributed by atoms with van der Waals surface area (Å²) < 4.78 is 13.2. The molecular formula is C16H8Cl2FNO2. The van der Waals surface area contributed by atoms with Crippen LogP contribution in [0.25, 0.3) is 0 Å². The highest BCUT2D eigenvalue weighted by molar-refractivity contribution is 6.50. The van der Waals surface area contributed by atoms with Crippen molar-refractivity contribution in [3.63, 3.8) is 0 Å². The molecule has 0 aliphatic heterocycles. The molecule has 0 saturated heterocycles. The van der Waals surface area contributed by atoms with Crippen LogP contribution in [-0.2, 0) is 0 Å². The minimum absolute atomic E-state index is 0.0481. The maximum absolute atomic E-state index is 13.2. The van der Waals surface area contributed by atoms with Crippen LogP contribution in [0.15, 0.2) is 53.2 Å². The highest BCUT2D eigenvalue weighted by Gasteiger charge is 2.31. The molecule has 1 N–H and O–H groups in total. The van der Waals surface area contributed by atoms with Crippen molar-refractivity contribution in [3.8, 4) is 0 Å². The van der Waals surface area contributed by atoms with Crippen LogP contribution >= 0.6 is 23.2 Å². The Bertz CT molecular complexity index is 846. The first-order chi connectivity index (χ1) is 10.5. The molecule has 0 amide bonds. The summed E-state index contributed by atoms with van der Waals surface area (Å²) in [4.78, 5) is 24.7. The normalized spacial score (nSPS) is 14.1. The first-order valence-electron chi connectivity index (χ1n) is 6.29. The van der Waals surface area contributed by atoms with Gasteiger partial charge < -0.3 is 5.32 Å². The van der Waals surface area contributed by atoms with E-state index in [0.29, 0.717) is 5.69 Å². The number of nitrogens with one attached hydrogen (secondary N) is 1. The van der Waals surface area contributed by atoms with E-state index in [-0.39, 0.29) is 26.9 Å². The van der Waals surface area contributed by atoms with Crippen molar-refractivity contribution in [1.82, 2.24) is 0 Å². The SMILES string of the molecule is O=C1C(Cl)=C(Nc2ccc(F)c(Cl)c2)C(=O)c2ccccc21. The van der Waals surface area contributed by atoms with Gasteiger partial charge in [0.2, 0.25) is 11.6 Å². The van der Waals surface area contributed by atoms with Crippen LogP contribution in [0.5, 0.6) is 0 Å². The van der Waals surface area contributed by atoms with Gasteiger partial charge in [0.25, 0.3) is 0 Å². The molecule has 3 rings (SSSR count). The van der Waals surface area contributed by atoms with Gasteiger partial charge in [-0.05, 0) is 18.2 Å². The van der Waals surface area contributed by atoms with Gasteiger partial charge >= 0.3 is 0 Å². The molecule has 3 nitrogen and oxygen atoms in total. The van der Waals surface area contributed by atoms with Gasteiger partial charge in [-0.3, -0.25) is 9.59 Å². The van der Waals surface area contributed by atoms with Crippen LogP contribution in [0.1, 0.15) is 20.7 Å². The number of hydrogen-bond acceptors (Lipinski definition) is 3. The largest absolute Gasteiger partial charge is 0.351 e. The van der Waals surface area contributed by atoms with Gasteiger partial charge in [0.05, 0.1) is 5.02 Å². The minimum Gasteiger partial charge on any atom is -0.351 e. The molecule has 0 unspecified atom stereocenters. The summed E-state index contributed by atoms with van der Waals surface area (Å²) in [5, 5.41) is 2.44. The lowest BCUT2D eigenvalue weighted by Gasteiger charge is -2.19. The summed E-state index contributed by atoms with van der Waals surface area (Å²) in [7, 11) is 0. The minimum atomic E-state index is -0.580. The second-order valence-electron chi connectivity index (χ2n) is 4.65. The Labute approximate surface area is 135 Å². The van der Waals surface area contributed by atoms with Gasteiger partial charge in [-0.1, -0.05) is 47.5 Å². The van der Waals surface area contributed by atoms with E-state index in [1.54, 1.807) is 24.3 Å². The van der Waals surface area contributed by atoms with E-state index in [0.717, 1.165) is 6.07 Å². The molecule has 0 fully saturated rings. The second kappa shape index (κ2) is 5.55. The number of anilines is 1. The molecular weight excluding hydrogens is 328 g/mol. The Balaban J connectivity index is 2.03. The number of hydrogen-bond donors (Lipinski definition) is 1. The fourth-order valence-electron chi connectivity index (χ4n) is 2.18. The average molecular weight is 336 g/mol. The zero-order valence-electron chi connectivity index (χ0n) is 11.0. The third kappa shape index (κ3) is 2.40. The lowest BCUT2D eigenvalue weighted by molar-refractivity contribution is 0.0982. The van der Waals surface area contributed by atoms with Crippen molar-refractivity contribution in [2.45, 2.75) is 0 Å². The number of benzene rings is 2. The number of ketones is 2. The fraction of sp³-hybridized carbons (Fsp3) is 0. The molecule has 1 aliphatic carbocycles. The molecule has 0 heterocycles. The molecule has 6 heteroatoms. The maximum Gasteiger partial charge on any atom is 0.211 e. The molecule has 2 aromatic rings. The number of halogens is 3. The summed E-state index contributed by atoms with van der Waals surface area (Å²) >= 11 is 11.7. The number of allylic oxidation sites excluding steroid dienone is 2. The zero-order chi connectivity index (χ0) is 15.9. The van der Waals surface area contributed by atoms with Gasteiger partial charge in [0.15, 0.2) is 0 Å². The topological polar surface area (TPSA) is 46.2 Å². The van der Waals surface area contributed by atoms with Gasteiger partial charge in [-0.2, -0.15) is 0 Å². The number of fused-ring (bicyclic) bond motifs is 1. The predicted octanol–water partition coefficient (Wildman–Crippen LogP) is 4.42. The number of carbonyl (C=O) groups is 2. The number of carbonyl (C=O) groups excluding carboxylic acids is 2. The molecule has 0 atom stereocenters. The van der Waals surface area contributed by atoms with Crippen molar-refractivity contribution < 1.29 is 14.0 Å². The smallest absolute Gasteiger partial charge is 0.211 e. The Morgan fingerprint density at radius 1 is 0.909 bits per heavy atom. The predicted molar refractivity (Wildman–Crippen MR) is 83.0 cm³/mol. The van der Waals surface area contributed by atoms with Crippen LogP contribution in [0.4, 0.5) is 10.1 Å². The lowest BCUT2D eigenvalue weighted by Crippen LogP contribution is -2.24. The first-order valence-corrected chi connectivity index (χ1v) is 7.05. The summed E-state index contributed by atoms with van der Waals surface area (Å²) in [5.74, 6) is -1.42. The van der Waals surface area contributed by atoms with Crippen LogP contribution in [0.2, 0.25) is 5.02 Å². The number of Topliss-reactive ketones (excluding diaryl/α,β-unsaturated/α-hetero) is 2. The van der Waals surface area contributed by atoms with E-state index in [2.05, 4.69) is 5.32 Å². The molecule has 110 valence electrons. The van der Waals surface area contributed by atoms with E-state index >= 15 is 0 Å². The van der Waals surface area contributed by atoms with E-state index in [1.807, 2.05) is 0 Å². The molecule has 22 heavy (non-hydrogen) atoms. The lowest BCUT2D eigenvalue weighted by atomic mass is 9.92. The van der Waals surface area contributed by atoms with Gasteiger partial charge in [0, 0.05) is 16.8 Å². The molecule has 2 aromatic carbocycles. The van der Waals surface area contributed by atoms with Gasteiger partial charge in [0.1, 0.15) is 16.5 Å². The fourth-order valence-corrected chi connectivity index (χ4v) is 2.59. The Hall–Kier alpha value is -2.17. The Kier molecular flexibility index (Phi) is 3.72. The molecule has 0 saturated carbocycles. The Morgan fingerprint density at radius 2 is 1.55 bits per heavy atom. The van der Waals surface area contributed by atoms with Crippen molar-refractivity contribution in [3.05, 3.63) is 75.2 Å². The van der Waals surface area contributed by atoms with Crippen LogP contribution in [0, 0.1) is 5.82 Å². The second-order valence-corrected chi connectivity index (χ2v) is 5.43. The number of rotatable bonds is 2. The van der Waals surface area contributed by atoms with Gasteiger partial charge in [-0.25, -0.2) is 4.39 Å². The third-order valence-electron chi connectivity index (χ3n) is 3.25. The summed E-state index contributed by atoms with van der Waals surface area (Å²) in [6, 6.07) is 10.3. The van der Waals surface area contributed by atoms with Crippen LogP contribution < -0.4 is 5.32 Å². The van der Waals surface area contributed by atoms with Crippen molar-refractivity contribution in [1.29, 1.82) is 0 Å². The molecule has 0 bridgehead atoms. The third-order valence-corrected chi connectivity index (χ3v) is 3.90. The average Bonchev–Trinajstić information content (AvgIpc) is 2.53. The zero-order valence-corrected chi connectivity index (χ0v) is 12.5. The first kappa shape index (κ1) is 14.8. The quantitative estimate of drug-likeness (QED) is 0.883. The van der Waals surface area contributed by atoms with Crippen molar-refractivity contribution >= 4 is 40.5 Å². The monoisotopic (exact) mass is 335 g/mol. The summed E-state index contributed by atoms with van der Waals surface area (Å²) in [6.07, 6.45) is 0. The highest BCUT2D eigenvalue weighted by atomic mass is 35.5. The summed E-state index contributed by atoms with van der Waals surface area (Å²) in [5.41, 5.74) is 0.848. The van der Waals surface area contributed by atoms with Gasteiger partial charge in [-0.15, -0.1) is 0 Å².